The van der Waals surface area contributed by atoms with Gasteiger partial charge in [-0.25, -0.2) is 16.8 Å². The minimum Gasteiger partial charge on any atom is -0.364 e. The van der Waals surface area contributed by atoms with E-state index in [2.05, 4.69) is 20.4 Å². The lowest BCUT2D eigenvalue weighted by Gasteiger charge is -2.36. The smallest absolute Gasteiger partial charge is 0.220 e. The molecule has 2 saturated heterocycles. The number of sulfone groups is 1. The minimum absolute atomic E-state index is 0.165. The molecule has 1 aromatic heterocycles. The minimum atomic E-state index is -3.44. The Labute approximate surface area is 171 Å². The lowest BCUT2D eigenvalue weighted by atomic mass is 10.4. The quantitative estimate of drug-likeness (QED) is 0.405. The van der Waals surface area contributed by atoms with Crippen molar-refractivity contribution in [3.63, 3.8) is 0 Å². The number of nitrogens with one attached hydrogen (secondary N) is 1. The lowest BCUT2D eigenvalue weighted by molar-refractivity contribution is 0.256. The van der Waals surface area contributed by atoms with Crippen molar-refractivity contribution < 1.29 is 21.4 Å². The van der Waals surface area contributed by atoms with Crippen LogP contribution in [-0.4, -0.2) is 113 Å². The van der Waals surface area contributed by atoms with Crippen molar-refractivity contribution in [2.75, 3.05) is 70.9 Å². The van der Waals surface area contributed by atoms with E-state index >= 15 is 0 Å². The Morgan fingerprint density at radius 3 is 2.48 bits per heavy atom. The van der Waals surface area contributed by atoms with E-state index in [-0.39, 0.29) is 17.3 Å². The summed E-state index contributed by atoms with van der Waals surface area (Å²) in [6, 6.07) is 1.55. The highest BCUT2D eigenvalue weighted by atomic mass is 32.2. The molecule has 0 unspecified atom stereocenters. The number of aliphatic imine (C=N–C) groups is 1. The van der Waals surface area contributed by atoms with Crippen LogP contribution in [-0.2, 0) is 25.6 Å². The largest absolute Gasteiger partial charge is 0.364 e. The van der Waals surface area contributed by atoms with Crippen molar-refractivity contribution >= 4 is 25.8 Å². The summed E-state index contributed by atoms with van der Waals surface area (Å²) < 4.78 is 54.2. The fraction of sp³-hybridized carbons (Fsp3) is 0.750. The van der Waals surface area contributed by atoms with Gasteiger partial charge in [0.15, 0.2) is 15.8 Å². The second kappa shape index (κ2) is 9.41. The first-order valence-corrected chi connectivity index (χ1v) is 13.0. The van der Waals surface area contributed by atoms with E-state index in [1.54, 1.807) is 13.1 Å². The molecule has 0 radical (unpaired) electrons. The SMILES string of the molecule is CN=C(NCCN1CCS(=O)(=O)CC1)N1CCN(S(=O)(=O)Cc2ccon2)CC1. The molecule has 164 valence electrons. The summed E-state index contributed by atoms with van der Waals surface area (Å²) >= 11 is 0. The number of hydrogen-bond acceptors (Lipinski definition) is 8. The van der Waals surface area contributed by atoms with Crippen molar-refractivity contribution in [2.24, 2.45) is 4.99 Å². The number of aromatic nitrogens is 1. The van der Waals surface area contributed by atoms with Gasteiger partial charge in [-0.2, -0.15) is 4.31 Å². The van der Waals surface area contributed by atoms with Crippen LogP contribution in [0.25, 0.3) is 0 Å². The maximum absolute atomic E-state index is 12.5. The van der Waals surface area contributed by atoms with Crippen LogP contribution in [0.1, 0.15) is 5.69 Å². The fourth-order valence-corrected chi connectivity index (χ4v) is 6.10. The normalized spacial score (nSPS) is 22.0. The predicted molar refractivity (Wildman–Crippen MR) is 109 cm³/mol. The zero-order chi connectivity index (χ0) is 20.9. The van der Waals surface area contributed by atoms with E-state index in [1.165, 1.54) is 10.6 Å². The molecule has 1 N–H and O–H groups in total. The molecular formula is C16H28N6O5S2. The average Bonchev–Trinajstić information content (AvgIpc) is 3.19. The van der Waals surface area contributed by atoms with E-state index in [0.717, 1.165) is 12.5 Å². The molecule has 0 atom stereocenters. The first-order chi connectivity index (χ1) is 13.8. The van der Waals surface area contributed by atoms with Gasteiger partial charge in [0.25, 0.3) is 0 Å². The molecule has 0 amide bonds. The molecule has 2 fully saturated rings. The number of hydrogen-bond donors (Lipinski definition) is 1. The molecule has 0 saturated carbocycles. The van der Waals surface area contributed by atoms with Crippen LogP contribution in [0.4, 0.5) is 0 Å². The lowest BCUT2D eigenvalue weighted by Crippen LogP contribution is -2.54. The Morgan fingerprint density at radius 1 is 1.21 bits per heavy atom. The van der Waals surface area contributed by atoms with Crippen molar-refractivity contribution in [2.45, 2.75) is 5.75 Å². The predicted octanol–water partition coefficient (Wildman–Crippen LogP) is -1.57. The molecule has 0 aromatic carbocycles. The highest BCUT2D eigenvalue weighted by Gasteiger charge is 2.29. The molecule has 13 heteroatoms. The first kappa shape index (κ1) is 22.0. The molecule has 29 heavy (non-hydrogen) atoms. The van der Waals surface area contributed by atoms with Crippen LogP contribution in [0.15, 0.2) is 21.8 Å². The third-order valence-corrected chi connectivity index (χ3v) is 8.53. The summed E-state index contributed by atoms with van der Waals surface area (Å²) in [6.45, 7) is 4.35. The standard InChI is InChI=1S/C16H28N6O5S2/c1-17-16(18-3-4-20-9-12-28(23,24)13-10-20)21-5-7-22(8-6-21)29(25,26)14-15-2-11-27-19-15/h2,11H,3-10,12-14H2,1H3,(H,17,18). The van der Waals surface area contributed by atoms with Gasteiger partial charge in [0.1, 0.15) is 12.0 Å². The molecule has 2 aliphatic rings. The highest BCUT2D eigenvalue weighted by Crippen LogP contribution is 2.13. The summed E-state index contributed by atoms with van der Waals surface area (Å²) in [6.07, 6.45) is 1.36. The van der Waals surface area contributed by atoms with E-state index < -0.39 is 19.9 Å². The number of nitrogens with zero attached hydrogens (tertiary/aromatic N) is 5. The van der Waals surface area contributed by atoms with Crippen LogP contribution in [0.3, 0.4) is 0 Å². The molecule has 3 heterocycles. The van der Waals surface area contributed by atoms with Gasteiger partial charge >= 0.3 is 0 Å². The van der Waals surface area contributed by atoms with Gasteiger partial charge in [0.05, 0.1) is 17.2 Å². The second-order valence-corrected chi connectivity index (χ2v) is 11.4. The van der Waals surface area contributed by atoms with E-state index in [9.17, 15) is 16.8 Å². The highest BCUT2D eigenvalue weighted by molar-refractivity contribution is 7.91. The van der Waals surface area contributed by atoms with Crippen molar-refractivity contribution in [1.29, 1.82) is 0 Å². The monoisotopic (exact) mass is 448 g/mol. The zero-order valence-corrected chi connectivity index (χ0v) is 18.2. The molecular weight excluding hydrogens is 420 g/mol. The van der Waals surface area contributed by atoms with Crippen LogP contribution < -0.4 is 5.32 Å². The van der Waals surface area contributed by atoms with Crippen molar-refractivity contribution in [3.8, 4) is 0 Å². The van der Waals surface area contributed by atoms with E-state index in [1.807, 2.05) is 4.90 Å². The molecule has 0 bridgehead atoms. The Balaban J connectivity index is 1.43. The van der Waals surface area contributed by atoms with Gasteiger partial charge in [-0.15, -0.1) is 0 Å². The summed E-state index contributed by atoms with van der Waals surface area (Å²) in [5.74, 6) is 0.990. The number of guanidine groups is 1. The molecule has 0 aliphatic carbocycles. The first-order valence-electron chi connectivity index (χ1n) is 9.54. The van der Waals surface area contributed by atoms with Crippen LogP contribution >= 0.6 is 0 Å². The Bertz CT molecular complexity index is 878. The summed E-state index contributed by atoms with van der Waals surface area (Å²) in [5.41, 5.74) is 0.399. The number of sulfonamides is 1. The summed E-state index contributed by atoms with van der Waals surface area (Å²) in [7, 11) is -4.61. The molecule has 3 rings (SSSR count). The average molecular weight is 449 g/mol. The van der Waals surface area contributed by atoms with E-state index in [0.29, 0.717) is 51.5 Å². The third-order valence-electron chi connectivity index (χ3n) is 5.11. The van der Waals surface area contributed by atoms with Crippen LogP contribution in [0, 0.1) is 0 Å². The van der Waals surface area contributed by atoms with E-state index in [4.69, 9.17) is 4.52 Å². The van der Waals surface area contributed by atoms with Crippen molar-refractivity contribution in [1.82, 2.24) is 24.6 Å². The van der Waals surface area contributed by atoms with Gasteiger partial charge in [0, 0.05) is 65.5 Å². The zero-order valence-electron chi connectivity index (χ0n) is 16.5. The number of rotatable bonds is 6. The summed E-state index contributed by atoms with van der Waals surface area (Å²) in [5, 5.41) is 6.97. The van der Waals surface area contributed by atoms with Gasteiger partial charge in [-0.1, -0.05) is 5.16 Å². The van der Waals surface area contributed by atoms with Crippen LogP contribution in [0.5, 0.6) is 0 Å². The number of piperazine rings is 1. The van der Waals surface area contributed by atoms with Crippen molar-refractivity contribution in [3.05, 3.63) is 18.0 Å². The molecule has 11 nitrogen and oxygen atoms in total. The Hall–Kier alpha value is -1.70. The van der Waals surface area contributed by atoms with Gasteiger partial charge in [-0.05, 0) is 0 Å². The fourth-order valence-electron chi connectivity index (χ4n) is 3.40. The molecule has 2 aliphatic heterocycles. The summed E-state index contributed by atoms with van der Waals surface area (Å²) in [4.78, 5) is 8.44. The molecule has 0 spiro atoms. The third kappa shape index (κ3) is 6.14. The van der Waals surface area contributed by atoms with Crippen LogP contribution in [0.2, 0.25) is 0 Å². The Kier molecular flexibility index (Phi) is 7.14. The van der Waals surface area contributed by atoms with Gasteiger partial charge in [0.2, 0.25) is 10.0 Å². The van der Waals surface area contributed by atoms with Gasteiger partial charge in [-0.3, -0.25) is 9.89 Å². The topological polar surface area (TPSA) is 128 Å². The Morgan fingerprint density at radius 2 is 1.90 bits per heavy atom. The van der Waals surface area contributed by atoms with Gasteiger partial charge < -0.3 is 14.7 Å². The maximum Gasteiger partial charge on any atom is 0.220 e. The molecule has 1 aromatic rings. The maximum atomic E-state index is 12.5. The second-order valence-electron chi connectivity index (χ2n) is 7.10.